The largest absolute Gasteiger partial charge is 0.492 e. The molecular formula is C20H24N2O4. The fourth-order valence-electron chi connectivity index (χ4n) is 2.82. The lowest BCUT2D eigenvalue weighted by Gasteiger charge is -2.26. The number of esters is 1. The summed E-state index contributed by atoms with van der Waals surface area (Å²) < 4.78 is 16.2. The Labute approximate surface area is 153 Å². The molecule has 1 aromatic carbocycles. The Morgan fingerprint density at radius 3 is 2.58 bits per heavy atom. The van der Waals surface area contributed by atoms with Crippen LogP contribution in [0.3, 0.4) is 0 Å². The van der Waals surface area contributed by atoms with Gasteiger partial charge >= 0.3 is 5.97 Å². The second kappa shape index (κ2) is 8.78. The first-order valence-corrected chi connectivity index (χ1v) is 8.80. The van der Waals surface area contributed by atoms with Gasteiger partial charge in [0.2, 0.25) is 5.88 Å². The molecule has 138 valence electrons. The Hall–Kier alpha value is -2.44. The van der Waals surface area contributed by atoms with Gasteiger partial charge in [0.05, 0.1) is 13.2 Å². The van der Waals surface area contributed by atoms with E-state index in [4.69, 9.17) is 14.2 Å². The average molecular weight is 356 g/mol. The summed E-state index contributed by atoms with van der Waals surface area (Å²) in [5.74, 6) is 0.833. The van der Waals surface area contributed by atoms with Crippen molar-refractivity contribution in [1.29, 1.82) is 0 Å². The third-order valence-electron chi connectivity index (χ3n) is 4.24. The molecule has 0 unspecified atom stereocenters. The molecule has 0 aliphatic carbocycles. The van der Waals surface area contributed by atoms with Crippen LogP contribution in [0.2, 0.25) is 0 Å². The summed E-state index contributed by atoms with van der Waals surface area (Å²) in [6, 6.07) is 9.89. The number of rotatable bonds is 6. The number of hydrogen-bond donors (Lipinski definition) is 0. The van der Waals surface area contributed by atoms with E-state index >= 15 is 0 Å². The summed E-state index contributed by atoms with van der Waals surface area (Å²) in [5.41, 5.74) is 2.83. The van der Waals surface area contributed by atoms with E-state index < -0.39 is 0 Å². The summed E-state index contributed by atoms with van der Waals surface area (Å²) in [4.78, 5) is 17.6. The third kappa shape index (κ3) is 5.03. The molecule has 2 aromatic rings. The Bertz CT molecular complexity index is 740. The highest BCUT2D eigenvalue weighted by Crippen LogP contribution is 2.25. The van der Waals surface area contributed by atoms with Gasteiger partial charge in [0.15, 0.2) is 0 Å². The number of carbonyl (C=O) groups is 1. The summed E-state index contributed by atoms with van der Waals surface area (Å²) >= 11 is 0. The molecule has 0 atom stereocenters. The molecule has 2 heterocycles. The predicted molar refractivity (Wildman–Crippen MR) is 98.5 cm³/mol. The molecule has 1 aliphatic rings. The molecule has 0 radical (unpaired) electrons. The van der Waals surface area contributed by atoms with Gasteiger partial charge in [-0.2, -0.15) is 0 Å². The number of aryl methyl sites for hydroxylation is 1. The highest BCUT2D eigenvalue weighted by atomic mass is 16.5. The van der Waals surface area contributed by atoms with Crippen molar-refractivity contribution in [3.05, 3.63) is 42.1 Å². The van der Waals surface area contributed by atoms with Crippen LogP contribution in [0.4, 0.5) is 0 Å². The monoisotopic (exact) mass is 356 g/mol. The molecule has 3 rings (SSSR count). The van der Waals surface area contributed by atoms with Crippen molar-refractivity contribution < 1.29 is 19.0 Å². The zero-order chi connectivity index (χ0) is 18.4. The minimum atomic E-state index is -0.369. The predicted octanol–water partition coefficient (Wildman–Crippen LogP) is 2.69. The summed E-state index contributed by atoms with van der Waals surface area (Å²) in [5, 5.41) is 0. The minimum absolute atomic E-state index is 0.351. The van der Waals surface area contributed by atoms with Gasteiger partial charge in [0, 0.05) is 43.9 Å². The molecule has 1 aliphatic heterocycles. The van der Waals surface area contributed by atoms with Crippen molar-refractivity contribution in [2.24, 2.45) is 0 Å². The maximum atomic E-state index is 11.1. The Kier molecular flexibility index (Phi) is 6.20. The van der Waals surface area contributed by atoms with Gasteiger partial charge in [0.25, 0.3) is 0 Å². The molecular weight excluding hydrogens is 332 g/mol. The van der Waals surface area contributed by atoms with E-state index in [0.717, 1.165) is 55.3 Å². The molecule has 6 heteroatoms. The van der Waals surface area contributed by atoms with E-state index in [9.17, 15) is 4.79 Å². The first kappa shape index (κ1) is 18.4. The van der Waals surface area contributed by atoms with Gasteiger partial charge < -0.3 is 14.2 Å². The molecule has 0 bridgehead atoms. The Morgan fingerprint density at radius 2 is 1.92 bits per heavy atom. The SMILES string of the molecule is CC(=O)Oc1ncc(-c2ccc(OCCN3CCOCC3)cc2)cc1C. The second-order valence-electron chi connectivity index (χ2n) is 6.27. The number of pyridine rings is 1. The van der Waals surface area contributed by atoms with Gasteiger partial charge in [-0.15, -0.1) is 0 Å². The van der Waals surface area contributed by atoms with Crippen LogP contribution in [0, 0.1) is 6.92 Å². The maximum absolute atomic E-state index is 11.1. The molecule has 6 nitrogen and oxygen atoms in total. The topological polar surface area (TPSA) is 60.9 Å². The van der Waals surface area contributed by atoms with Gasteiger partial charge in [-0.05, 0) is 30.7 Å². The fraction of sp³-hybridized carbons (Fsp3) is 0.400. The lowest BCUT2D eigenvalue weighted by molar-refractivity contribution is -0.132. The van der Waals surface area contributed by atoms with Gasteiger partial charge in [-0.1, -0.05) is 12.1 Å². The Balaban J connectivity index is 1.56. The average Bonchev–Trinajstić information content (AvgIpc) is 2.65. The molecule has 0 amide bonds. The van der Waals surface area contributed by atoms with Crippen molar-refractivity contribution in [2.75, 3.05) is 39.5 Å². The highest BCUT2D eigenvalue weighted by Gasteiger charge is 2.10. The van der Waals surface area contributed by atoms with Crippen molar-refractivity contribution in [2.45, 2.75) is 13.8 Å². The molecule has 26 heavy (non-hydrogen) atoms. The first-order chi connectivity index (χ1) is 12.6. The van der Waals surface area contributed by atoms with Gasteiger partial charge in [-0.25, -0.2) is 4.98 Å². The second-order valence-corrected chi connectivity index (χ2v) is 6.27. The minimum Gasteiger partial charge on any atom is -0.492 e. The lowest BCUT2D eigenvalue weighted by Crippen LogP contribution is -2.38. The van der Waals surface area contributed by atoms with Gasteiger partial charge in [-0.3, -0.25) is 9.69 Å². The molecule has 0 spiro atoms. The number of carbonyl (C=O) groups excluding carboxylic acids is 1. The quantitative estimate of drug-likeness (QED) is 0.742. The highest BCUT2D eigenvalue weighted by molar-refractivity contribution is 5.70. The smallest absolute Gasteiger partial charge is 0.309 e. The molecule has 0 saturated carbocycles. The molecule has 1 aromatic heterocycles. The van der Waals surface area contributed by atoms with Gasteiger partial charge in [0.1, 0.15) is 12.4 Å². The van der Waals surface area contributed by atoms with Crippen LogP contribution in [0.1, 0.15) is 12.5 Å². The van der Waals surface area contributed by atoms with Crippen molar-refractivity contribution in [1.82, 2.24) is 9.88 Å². The fourth-order valence-corrected chi connectivity index (χ4v) is 2.82. The number of aromatic nitrogens is 1. The van der Waals surface area contributed by atoms with Crippen molar-refractivity contribution >= 4 is 5.97 Å². The number of nitrogens with zero attached hydrogens (tertiary/aromatic N) is 2. The van der Waals surface area contributed by atoms with E-state index in [-0.39, 0.29) is 5.97 Å². The number of morpholine rings is 1. The van der Waals surface area contributed by atoms with Crippen LogP contribution in [0.15, 0.2) is 36.5 Å². The summed E-state index contributed by atoms with van der Waals surface area (Å²) in [6.07, 6.45) is 1.71. The van der Waals surface area contributed by atoms with Crippen molar-refractivity contribution in [3.63, 3.8) is 0 Å². The van der Waals surface area contributed by atoms with E-state index in [1.807, 2.05) is 37.3 Å². The third-order valence-corrected chi connectivity index (χ3v) is 4.24. The molecule has 0 N–H and O–H groups in total. The first-order valence-electron chi connectivity index (χ1n) is 8.80. The van der Waals surface area contributed by atoms with E-state index in [1.54, 1.807) is 6.20 Å². The summed E-state index contributed by atoms with van der Waals surface area (Å²) in [7, 11) is 0. The van der Waals surface area contributed by atoms with E-state index in [2.05, 4.69) is 9.88 Å². The van der Waals surface area contributed by atoms with Crippen LogP contribution in [0.5, 0.6) is 11.6 Å². The summed E-state index contributed by atoms with van der Waals surface area (Å²) in [6.45, 7) is 8.36. The van der Waals surface area contributed by atoms with Crippen LogP contribution in [0.25, 0.3) is 11.1 Å². The molecule has 1 saturated heterocycles. The van der Waals surface area contributed by atoms with Crippen LogP contribution >= 0.6 is 0 Å². The normalized spacial score (nSPS) is 14.8. The number of hydrogen-bond acceptors (Lipinski definition) is 6. The van der Waals surface area contributed by atoms with Crippen LogP contribution < -0.4 is 9.47 Å². The number of ether oxygens (including phenoxy) is 3. The zero-order valence-electron chi connectivity index (χ0n) is 15.2. The number of benzene rings is 1. The zero-order valence-corrected chi connectivity index (χ0v) is 15.2. The molecule has 1 fully saturated rings. The lowest BCUT2D eigenvalue weighted by atomic mass is 10.1. The van der Waals surface area contributed by atoms with E-state index in [0.29, 0.717) is 12.5 Å². The van der Waals surface area contributed by atoms with E-state index in [1.165, 1.54) is 6.92 Å². The van der Waals surface area contributed by atoms with Crippen molar-refractivity contribution in [3.8, 4) is 22.8 Å². The Morgan fingerprint density at radius 1 is 1.19 bits per heavy atom. The maximum Gasteiger partial charge on any atom is 0.309 e. The van der Waals surface area contributed by atoms with Crippen LogP contribution in [-0.4, -0.2) is 55.3 Å². The van der Waals surface area contributed by atoms with Crippen LogP contribution in [-0.2, 0) is 9.53 Å². The standard InChI is InChI=1S/C20H24N2O4/c1-15-13-18(14-21-20(15)26-16(2)23)17-3-5-19(6-4-17)25-12-9-22-7-10-24-11-8-22/h3-6,13-14H,7-12H2,1-2H3.